The third kappa shape index (κ3) is 7.12. The van der Waals surface area contributed by atoms with E-state index in [1.807, 2.05) is 25.1 Å². The van der Waals surface area contributed by atoms with Gasteiger partial charge in [-0.25, -0.2) is 0 Å². The second-order valence-electron chi connectivity index (χ2n) is 6.94. The van der Waals surface area contributed by atoms with Gasteiger partial charge in [-0.1, -0.05) is 35.3 Å². The molecule has 3 aromatic carbocycles. The van der Waals surface area contributed by atoms with E-state index in [1.54, 1.807) is 42.5 Å². The van der Waals surface area contributed by atoms with Gasteiger partial charge in [-0.3, -0.25) is 4.79 Å². The number of rotatable bonds is 8. The van der Waals surface area contributed by atoms with E-state index in [1.165, 1.54) is 6.08 Å². The first-order valence-electron chi connectivity index (χ1n) is 10.0. The van der Waals surface area contributed by atoms with Crippen LogP contribution in [0.25, 0.3) is 6.08 Å². The molecule has 0 saturated heterocycles. The van der Waals surface area contributed by atoms with Gasteiger partial charge < -0.3 is 14.8 Å². The number of nitrogens with zero attached hydrogens (tertiary/aromatic N) is 1. The summed E-state index contributed by atoms with van der Waals surface area (Å²) in [6, 6.07) is 17.9. The summed E-state index contributed by atoms with van der Waals surface area (Å²) in [6.45, 7) is 2.69. The maximum Gasteiger partial charge on any atom is 0.266 e. The highest BCUT2D eigenvalue weighted by Crippen LogP contribution is 2.34. The molecule has 0 unspecified atom stereocenters. The van der Waals surface area contributed by atoms with Crippen molar-refractivity contribution in [3.63, 3.8) is 0 Å². The van der Waals surface area contributed by atoms with Crippen LogP contribution in [0.5, 0.6) is 11.5 Å². The van der Waals surface area contributed by atoms with Crippen LogP contribution in [0.4, 0.5) is 5.69 Å². The lowest BCUT2D eigenvalue weighted by Crippen LogP contribution is -2.13. The number of nitriles is 1. The number of halogens is 4. The average Bonchev–Trinajstić information content (AvgIpc) is 2.79. The molecular formula is C25H18BrCl2IN2O3. The number of nitrogens with one attached hydrogen (secondary N) is 1. The number of amides is 1. The number of carbonyl (C=O) groups is 1. The molecule has 5 nitrogen and oxygen atoms in total. The monoisotopic (exact) mass is 670 g/mol. The Balaban J connectivity index is 1.75. The molecule has 0 heterocycles. The van der Waals surface area contributed by atoms with Gasteiger partial charge in [0.05, 0.1) is 24.7 Å². The molecule has 0 fully saturated rings. The van der Waals surface area contributed by atoms with E-state index < -0.39 is 5.91 Å². The van der Waals surface area contributed by atoms with Gasteiger partial charge in [0.15, 0.2) is 0 Å². The second kappa shape index (κ2) is 12.5. The Morgan fingerprint density at radius 1 is 1.15 bits per heavy atom. The fourth-order valence-corrected chi connectivity index (χ4v) is 5.02. The summed E-state index contributed by atoms with van der Waals surface area (Å²) < 4.78 is 12.9. The highest BCUT2D eigenvalue weighted by molar-refractivity contribution is 14.1. The van der Waals surface area contributed by atoms with Crippen molar-refractivity contribution in [2.75, 3.05) is 11.9 Å². The molecule has 0 aliphatic rings. The van der Waals surface area contributed by atoms with Gasteiger partial charge in [0.1, 0.15) is 29.7 Å². The molecule has 174 valence electrons. The minimum atomic E-state index is -0.512. The Bertz CT molecular complexity index is 1270. The Morgan fingerprint density at radius 3 is 2.62 bits per heavy atom. The van der Waals surface area contributed by atoms with Crippen molar-refractivity contribution in [2.24, 2.45) is 0 Å². The van der Waals surface area contributed by atoms with Crippen molar-refractivity contribution in [2.45, 2.75) is 13.5 Å². The van der Waals surface area contributed by atoms with Crippen LogP contribution in [-0.2, 0) is 11.4 Å². The molecule has 0 saturated carbocycles. The summed E-state index contributed by atoms with van der Waals surface area (Å²) in [7, 11) is 0. The van der Waals surface area contributed by atoms with Gasteiger partial charge >= 0.3 is 0 Å². The second-order valence-corrected chi connectivity index (χ2v) is 9.77. The molecule has 1 N–H and O–H groups in total. The standard InChI is InChI=1S/C25H18BrCl2IN2O3/c1-2-33-19-5-3-4-18(12-19)31-25(32)17(13-30)8-16-9-20(26)24(23(29)11-16)34-14-15-6-7-21(27)22(28)10-15/h3-12H,2,14H2,1H3,(H,31,32)/b17-8-. The van der Waals surface area contributed by atoms with Crippen LogP contribution in [-0.4, -0.2) is 12.5 Å². The normalized spacial score (nSPS) is 11.0. The lowest BCUT2D eigenvalue weighted by Gasteiger charge is -2.12. The van der Waals surface area contributed by atoms with Gasteiger partial charge in [0.25, 0.3) is 5.91 Å². The quantitative estimate of drug-likeness (QED) is 0.150. The third-order valence-corrected chi connectivity index (χ3v) is 6.60. The van der Waals surface area contributed by atoms with E-state index in [9.17, 15) is 10.1 Å². The molecule has 3 aromatic rings. The molecule has 0 bridgehead atoms. The molecule has 0 aliphatic carbocycles. The Labute approximate surface area is 229 Å². The molecular weight excluding hydrogens is 654 g/mol. The molecule has 3 rings (SSSR count). The first kappa shape index (κ1) is 26.4. The largest absolute Gasteiger partial charge is 0.494 e. The summed E-state index contributed by atoms with van der Waals surface area (Å²) in [5, 5.41) is 13.2. The Morgan fingerprint density at radius 2 is 1.94 bits per heavy atom. The molecule has 34 heavy (non-hydrogen) atoms. The number of carbonyl (C=O) groups excluding carboxylic acids is 1. The van der Waals surface area contributed by atoms with Crippen molar-refractivity contribution in [1.82, 2.24) is 0 Å². The molecule has 0 atom stereocenters. The minimum absolute atomic E-state index is 0.0333. The van der Waals surface area contributed by atoms with Crippen molar-refractivity contribution in [1.29, 1.82) is 5.26 Å². The number of ether oxygens (including phenoxy) is 2. The zero-order valence-corrected chi connectivity index (χ0v) is 23.1. The topological polar surface area (TPSA) is 71.3 Å². The maximum atomic E-state index is 12.7. The highest BCUT2D eigenvalue weighted by Gasteiger charge is 2.13. The van der Waals surface area contributed by atoms with E-state index in [4.69, 9.17) is 32.7 Å². The average molecular weight is 672 g/mol. The predicted molar refractivity (Wildman–Crippen MR) is 147 cm³/mol. The third-order valence-electron chi connectivity index (χ3n) is 4.47. The maximum absolute atomic E-state index is 12.7. The van der Waals surface area contributed by atoms with E-state index in [2.05, 4.69) is 43.8 Å². The van der Waals surface area contributed by atoms with E-state index in [0.717, 1.165) is 9.13 Å². The van der Waals surface area contributed by atoms with Crippen LogP contribution < -0.4 is 14.8 Å². The SMILES string of the molecule is CCOc1cccc(NC(=O)/C(C#N)=C\c2cc(Br)c(OCc3ccc(Cl)c(Cl)c3)c(I)c2)c1. The lowest BCUT2D eigenvalue weighted by atomic mass is 10.1. The summed E-state index contributed by atoms with van der Waals surface area (Å²) in [5.74, 6) is 0.763. The van der Waals surface area contributed by atoms with Crippen molar-refractivity contribution in [3.05, 3.63) is 89.4 Å². The first-order valence-corrected chi connectivity index (χ1v) is 12.6. The van der Waals surface area contributed by atoms with Crippen molar-refractivity contribution in [3.8, 4) is 17.6 Å². The van der Waals surface area contributed by atoms with E-state index in [0.29, 0.717) is 50.5 Å². The van der Waals surface area contributed by atoms with Crippen LogP contribution >= 0.6 is 61.7 Å². The molecule has 1 amide bonds. The predicted octanol–water partition coefficient (Wildman–Crippen LogP) is 7.88. The summed E-state index contributed by atoms with van der Waals surface area (Å²) in [6.07, 6.45) is 1.53. The fourth-order valence-electron chi connectivity index (χ4n) is 2.93. The number of hydrogen-bond acceptors (Lipinski definition) is 4. The number of anilines is 1. The highest BCUT2D eigenvalue weighted by atomic mass is 127. The van der Waals surface area contributed by atoms with E-state index in [-0.39, 0.29) is 5.57 Å². The van der Waals surface area contributed by atoms with Crippen molar-refractivity contribution < 1.29 is 14.3 Å². The van der Waals surface area contributed by atoms with Crippen LogP contribution in [0.2, 0.25) is 10.0 Å². The van der Waals surface area contributed by atoms with Crippen LogP contribution in [0.1, 0.15) is 18.1 Å². The summed E-state index contributed by atoms with van der Waals surface area (Å²) >= 11 is 17.7. The van der Waals surface area contributed by atoms with Crippen LogP contribution in [0.3, 0.4) is 0 Å². The molecule has 0 radical (unpaired) electrons. The van der Waals surface area contributed by atoms with E-state index >= 15 is 0 Å². The molecule has 9 heteroatoms. The Hall–Kier alpha value is -2.25. The lowest BCUT2D eigenvalue weighted by molar-refractivity contribution is -0.112. The number of benzene rings is 3. The fraction of sp³-hybridized carbons (Fsp3) is 0.120. The number of hydrogen-bond donors (Lipinski definition) is 1. The molecule has 0 aromatic heterocycles. The van der Waals surface area contributed by atoms with Gasteiger partial charge in [-0.2, -0.15) is 5.26 Å². The van der Waals surface area contributed by atoms with Gasteiger partial charge in [-0.05, 0) is 99.0 Å². The zero-order valence-electron chi connectivity index (χ0n) is 17.9. The molecule has 0 spiro atoms. The summed E-state index contributed by atoms with van der Waals surface area (Å²) in [4.78, 5) is 12.7. The van der Waals surface area contributed by atoms with Gasteiger partial charge in [0.2, 0.25) is 0 Å². The summed E-state index contributed by atoms with van der Waals surface area (Å²) in [5.41, 5.74) is 2.05. The minimum Gasteiger partial charge on any atom is -0.494 e. The van der Waals surface area contributed by atoms with Crippen LogP contribution in [0.15, 0.2) is 64.6 Å². The van der Waals surface area contributed by atoms with Crippen LogP contribution in [0, 0.1) is 14.9 Å². The molecule has 0 aliphatic heterocycles. The smallest absolute Gasteiger partial charge is 0.266 e. The van der Waals surface area contributed by atoms with Crippen molar-refractivity contribution >= 4 is 79.4 Å². The van der Waals surface area contributed by atoms with Gasteiger partial charge in [0, 0.05) is 11.8 Å². The van der Waals surface area contributed by atoms with Gasteiger partial charge in [-0.15, -0.1) is 0 Å². The Kier molecular flexibility index (Phi) is 9.65. The zero-order chi connectivity index (χ0) is 24.7. The first-order chi connectivity index (χ1) is 16.3.